The van der Waals surface area contributed by atoms with Crippen LogP contribution in [0.15, 0.2) is 45.9 Å². The predicted octanol–water partition coefficient (Wildman–Crippen LogP) is 3.36. The Morgan fingerprint density at radius 1 is 1.17 bits per heavy atom. The number of rotatable bonds is 4. The Balaban J connectivity index is 1.69. The van der Waals surface area contributed by atoms with Crippen LogP contribution in [0.5, 0.6) is 0 Å². The minimum atomic E-state index is -0.364. The summed E-state index contributed by atoms with van der Waals surface area (Å²) in [4.78, 5) is 12.1. The van der Waals surface area contributed by atoms with E-state index in [1.807, 2.05) is 38.1 Å². The molecule has 0 fully saturated rings. The number of nitrogens with one attached hydrogen (secondary N) is 2. The second kappa shape index (κ2) is 6.54. The van der Waals surface area contributed by atoms with Crippen LogP contribution in [0.1, 0.15) is 33.1 Å². The highest BCUT2D eigenvalue weighted by molar-refractivity contribution is 5.93. The van der Waals surface area contributed by atoms with Gasteiger partial charge in [-0.15, -0.1) is 0 Å². The lowest BCUT2D eigenvalue weighted by molar-refractivity contribution is 0.0950. The molecular weight excluding hydrogens is 304 g/mol. The summed E-state index contributed by atoms with van der Waals surface area (Å²) in [6.45, 7) is 5.94. The maximum atomic E-state index is 12.1. The minimum absolute atomic E-state index is 0.344. The van der Waals surface area contributed by atoms with Gasteiger partial charge < -0.3 is 4.42 Å². The molecule has 0 aliphatic carbocycles. The molecule has 1 amide bonds. The van der Waals surface area contributed by atoms with Gasteiger partial charge in [0.05, 0.1) is 11.9 Å². The zero-order valence-electron chi connectivity index (χ0n) is 13.8. The van der Waals surface area contributed by atoms with E-state index >= 15 is 0 Å². The van der Waals surface area contributed by atoms with Crippen molar-refractivity contribution in [2.45, 2.75) is 20.8 Å². The van der Waals surface area contributed by atoms with E-state index in [1.165, 1.54) is 17.3 Å². The monoisotopic (exact) mass is 322 g/mol. The molecule has 0 atom stereocenters. The SMILES string of the molecule is Cc1ccc(/C=N\NC(=O)c2cc(-c3ccc(C)c(C)c3)n[nH]2)o1. The molecule has 0 saturated heterocycles. The lowest BCUT2D eigenvalue weighted by atomic mass is 10.0. The first-order chi connectivity index (χ1) is 11.5. The second-order valence-electron chi connectivity index (χ2n) is 5.61. The average molecular weight is 322 g/mol. The zero-order chi connectivity index (χ0) is 17.1. The molecule has 3 aromatic rings. The Kier molecular flexibility index (Phi) is 4.29. The zero-order valence-corrected chi connectivity index (χ0v) is 13.8. The molecular formula is C18H18N4O2. The second-order valence-corrected chi connectivity index (χ2v) is 5.61. The standard InChI is InChI=1S/C18H18N4O2/c1-11-4-6-14(8-12(11)2)16-9-17(21-20-16)18(23)22-19-10-15-7-5-13(3)24-15/h4-10H,1-3H3,(H,20,21)(H,22,23)/b19-10-. The molecule has 0 radical (unpaired) electrons. The van der Waals surface area contributed by atoms with Gasteiger partial charge in [-0.3, -0.25) is 9.89 Å². The molecule has 0 aliphatic rings. The number of aromatic amines is 1. The van der Waals surface area contributed by atoms with Crippen molar-refractivity contribution in [1.82, 2.24) is 15.6 Å². The molecule has 0 unspecified atom stereocenters. The van der Waals surface area contributed by atoms with Crippen LogP contribution in [-0.2, 0) is 0 Å². The summed E-state index contributed by atoms with van der Waals surface area (Å²) in [5.74, 6) is 1.000. The number of benzene rings is 1. The van der Waals surface area contributed by atoms with Gasteiger partial charge in [-0.2, -0.15) is 10.2 Å². The first-order valence-corrected chi connectivity index (χ1v) is 7.56. The van der Waals surface area contributed by atoms with Gasteiger partial charge in [0.25, 0.3) is 5.91 Å². The summed E-state index contributed by atoms with van der Waals surface area (Å²) < 4.78 is 5.33. The highest BCUT2D eigenvalue weighted by atomic mass is 16.3. The maximum Gasteiger partial charge on any atom is 0.289 e. The summed E-state index contributed by atoms with van der Waals surface area (Å²) in [6, 6.07) is 11.4. The Bertz CT molecular complexity index is 905. The van der Waals surface area contributed by atoms with Crippen molar-refractivity contribution < 1.29 is 9.21 Å². The van der Waals surface area contributed by atoms with Gasteiger partial charge in [-0.05, 0) is 56.2 Å². The summed E-state index contributed by atoms with van der Waals surface area (Å²) in [5, 5.41) is 10.8. The fraction of sp³-hybridized carbons (Fsp3) is 0.167. The molecule has 6 nitrogen and oxygen atoms in total. The third-order valence-corrected chi connectivity index (χ3v) is 3.74. The number of aromatic nitrogens is 2. The summed E-state index contributed by atoms with van der Waals surface area (Å²) in [6.07, 6.45) is 1.45. The molecule has 6 heteroatoms. The van der Waals surface area contributed by atoms with Crippen molar-refractivity contribution in [2.75, 3.05) is 0 Å². The molecule has 2 N–H and O–H groups in total. The number of aryl methyl sites for hydroxylation is 3. The number of hydrogen-bond donors (Lipinski definition) is 2. The largest absolute Gasteiger partial charge is 0.460 e. The first kappa shape index (κ1) is 15.7. The summed E-state index contributed by atoms with van der Waals surface area (Å²) in [7, 11) is 0. The van der Waals surface area contributed by atoms with Crippen molar-refractivity contribution in [1.29, 1.82) is 0 Å². The number of hydrazone groups is 1. The van der Waals surface area contributed by atoms with Gasteiger partial charge in [-0.25, -0.2) is 5.43 Å². The van der Waals surface area contributed by atoms with Gasteiger partial charge in [0.2, 0.25) is 0 Å². The summed E-state index contributed by atoms with van der Waals surface area (Å²) in [5.41, 5.74) is 6.86. The lowest BCUT2D eigenvalue weighted by Gasteiger charge is -2.01. The first-order valence-electron chi connectivity index (χ1n) is 7.56. The van der Waals surface area contributed by atoms with E-state index in [-0.39, 0.29) is 5.91 Å². The normalized spacial score (nSPS) is 11.1. The fourth-order valence-corrected chi connectivity index (χ4v) is 2.22. The van der Waals surface area contributed by atoms with Crippen molar-refractivity contribution in [3.8, 4) is 11.3 Å². The van der Waals surface area contributed by atoms with Gasteiger partial charge in [-0.1, -0.05) is 12.1 Å². The highest BCUT2D eigenvalue weighted by Gasteiger charge is 2.11. The van der Waals surface area contributed by atoms with Crippen LogP contribution in [0.25, 0.3) is 11.3 Å². The smallest absolute Gasteiger partial charge is 0.289 e. The Labute approximate surface area is 139 Å². The Morgan fingerprint density at radius 3 is 2.71 bits per heavy atom. The number of H-pyrrole nitrogens is 1. The van der Waals surface area contributed by atoms with E-state index < -0.39 is 0 Å². The Morgan fingerprint density at radius 2 is 2.00 bits per heavy atom. The van der Waals surface area contributed by atoms with Gasteiger partial charge in [0, 0.05) is 5.56 Å². The third-order valence-electron chi connectivity index (χ3n) is 3.74. The third kappa shape index (κ3) is 3.43. The predicted molar refractivity (Wildman–Crippen MR) is 92.0 cm³/mol. The molecule has 2 heterocycles. The molecule has 24 heavy (non-hydrogen) atoms. The average Bonchev–Trinajstić information content (AvgIpc) is 3.19. The van der Waals surface area contributed by atoms with Crippen molar-refractivity contribution in [2.24, 2.45) is 5.10 Å². The van der Waals surface area contributed by atoms with E-state index in [1.54, 1.807) is 12.1 Å². The molecule has 3 rings (SSSR count). The van der Waals surface area contributed by atoms with E-state index in [9.17, 15) is 4.79 Å². The number of carbonyl (C=O) groups excluding carboxylic acids is 1. The topological polar surface area (TPSA) is 83.3 Å². The molecule has 2 aromatic heterocycles. The molecule has 0 aliphatic heterocycles. The van der Waals surface area contributed by atoms with Crippen LogP contribution in [0.3, 0.4) is 0 Å². The summed E-state index contributed by atoms with van der Waals surface area (Å²) >= 11 is 0. The van der Waals surface area contributed by atoms with Crippen LogP contribution in [0, 0.1) is 20.8 Å². The van der Waals surface area contributed by atoms with Crippen LogP contribution in [-0.4, -0.2) is 22.3 Å². The molecule has 0 spiro atoms. The van der Waals surface area contributed by atoms with Gasteiger partial charge in [0.1, 0.15) is 17.2 Å². The van der Waals surface area contributed by atoms with Crippen molar-refractivity contribution in [3.63, 3.8) is 0 Å². The molecule has 0 saturated carbocycles. The highest BCUT2D eigenvalue weighted by Crippen LogP contribution is 2.20. The number of hydrogen-bond acceptors (Lipinski definition) is 4. The van der Waals surface area contributed by atoms with Gasteiger partial charge in [0.15, 0.2) is 0 Å². The van der Waals surface area contributed by atoms with Crippen molar-refractivity contribution in [3.05, 3.63) is 64.7 Å². The van der Waals surface area contributed by atoms with E-state index in [0.29, 0.717) is 17.1 Å². The van der Waals surface area contributed by atoms with E-state index in [2.05, 4.69) is 27.6 Å². The van der Waals surface area contributed by atoms with Crippen LogP contribution in [0.2, 0.25) is 0 Å². The van der Waals surface area contributed by atoms with Crippen LogP contribution < -0.4 is 5.43 Å². The van der Waals surface area contributed by atoms with E-state index in [0.717, 1.165) is 11.3 Å². The van der Waals surface area contributed by atoms with E-state index in [4.69, 9.17) is 4.42 Å². The number of amides is 1. The number of furan rings is 1. The molecule has 0 bridgehead atoms. The van der Waals surface area contributed by atoms with Crippen molar-refractivity contribution >= 4 is 12.1 Å². The van der Waals surface area contributed by atoms with Crippen LogP contribution in [0.4, 0.5) is 0 Å². The van der Waals surface area contributed by atoms with Crippen LogP contribution >= 0.6 is 0 Å². The molecule has 122 valence electrons. The quantitative estimate of drug-likeness (QED) is 0.570. The fourth-order valence-electron chi connectivity index (χ4n) is 2.22. The Hall–Kier alpha value is -3.15. The number of carbonyl (C=O) groups is 1. The van der Waals surface area contributed by atoms with Gasteiger partial charge >= 0.3 is 0 Å². The minimum Gasteiger partial charge on any atom is -0.460 e. The maximum absolute atomic E-state index is 12.1. The number of nitrogens with zero attached hydrogens (tertiary/aromatic N) is 2. The molecule has 1 aromatic carbocycles. The lowest BCUT2D eigenvalue weighted by Crippen LogP contribution is -2.17.